The number of nitriles is 1. The Bertz CT molecular complexity index is 694. The Balaban J connectivity index is 1.52. The van der Waals surface area contributed by atoms with Gasteiger partial charge in [0.1, 0.15) is 5.82 Å². The number of anilines is 1. The Kier molecular flexibility index (Phi) is 4.89. The van der Waals surface area contributed by atoms with E-state index in [1.54, 1.807) is 0 Å². The molecule has 3 rings (SSSR count). The molecule has 0 amide bonds. The van der Waals surface area contributed by atoms with Gasteiger partial charge in [0.2, 0.25) is 0 Å². The van der Waals surface area contributed by atoms with E-state index in [0.717, 1.165) is 37.6 Å². The highest BCUT2D eigenvalue weighted by Crippen LogP contribution is 2.24. The second-order valence-corrected chi connectivity index (χ2v) is 6.07. The molecular formula is C19H21N3O. The Morgan fingerprint density at radius 1 is 1.30 bits per heavy atom. The van der Waals surface area contributed by atoms with Crippen LogP contribution in [0.1, 0.15) is 23.2 Å². The standard InChI is InChI=1S/C19H21N3O/c1-15-9-18(11-20)10-19(21-15)22-8-7-17(12-22)14-23-13-16-5-3-2-4-6-16/h2-6,9-10,17H,7-8,12-14H2,1H3/t17-/m1/s1. The van der Waals surface area contributed by atoms with Crippen LogP contribution in [0, 0.1) is 24.2 Å². The Hall–Kier alpha value is -2.38. The fourth-order valence-corrected chi connectivity index (χ4v) is 2.97. The first kappa shape index (κ1) is 15.5. The third kappa shape index (κ3) is 4.08. The predicted octanol–water partition coefficient (Wildman–Crippen LogP) is 3.30. The number of pyridine rings is 1. The molecule has 1 aliphatic rings. The number of hydrogen-bond acceptors (Lipinski definition) is 4. The maximum absolute atomic E-state index is 9.09. The number of nitrogens with zero attached hydrogens (tertiary/aromatic N) is 3. The fourth-order valence-electron chi connectivity index (χ4n) is 2.97. The number of aryl methyl sites for hydroxylation is 1. The van der Waals surface area contributed by atoms with Crippen LogP contribution in [0.5, 0.6) is 0 Å². The van der Waals surface area contributed by atoms with E-state index in [4.69, 9.17) is 10.00 Å². The molecule has 4 heteroatoms. The molecule has 1 fully saturated rings. The second-order valence-electron chi connectivity index (χ2n) is 6.07. The molecule has 118 valence electrons. The summed E-state index contributed by atoms with van der Waals surface area (Å²) in [6, 6.07) is 16.2. The lowest BCUT2D eigenvalue weighted by Crippen LogP contribution is -2.22. The summed E-state index contributed by atoms with van der Waals surface area (Å²) in [6.45, 7) is 5.28. The zero-order valence-corrected chi connectivity index (χ0v) is 13.4. The van der Waals surface area contributed by atoms with E-state index < -0.39 is 0 Å². The van der Waals surface area contributed by atoms with Crippen LogP contribution in [-0.2, 0) is 11.3 Å². The first-order valence-electron chi connectivity index (χ1n) is 8.00. The third-order valence-electron chi connectivity index (χ3n) is 4.14. The minimum atomic E-state index is 0.520. The van der Waals surface area contributed by atoms with Crippen LogP contribution in [0.2, 0.25) is 0 Å². The van der Waals surface area contributed by atoms with Gasteiger partial charge in [0.15, 0.2) is 0 Å². The van der Waals surface area contributed by atoms with Crippen LogP contribution in [0.3, 0.4) is 0 Å². The zero-order valence-electron chi connectivity index (χ0n) is 13.4. The van der Waals surface area contributed by atoms with Gasteiger partial charge in [-0.05, 0) is 31.0 Å². The van der Waals surface area contributed by atoms with Crippen molar-refractivity contribution in [3.8, 4) is 6.07 Å². The van der Waals surface area contributed by atoms with Crippen molar-refractivity contribution in [2.75, 3.05) is 24.6 Å². The van der Waals surface area contributed by atoms with Crippen molar-refractivity contribution >= 4 is 5.82 Å². The molecule has 1 aliphatic heterocycles. The summed E-state index contributed by atoms with van der Waals surface area (Å²) in [7, 11) is 0. The molecule has 0 saturated carbocycles. The van der Waals surface area contributed by atoms with E-state index in [1.165, 1.54) is 5.56 Å². The number of benzene rings is 1. The fraction of sp³-hybridized carbons (Fsp3) is 0.368. The van der Waals surface area contributed by atoms with Gasteiger partial charge in [-0.15, -0.1) is 0 Å². The van der Waals surface area contributed by atoms with E-state index in [-0.39, 0.29) is 0 Å². The van der Waals surface area contributed by atoms with E-state index in [2.05, 4.69) is 28.1 Å². The van der Waals surface area contributed by atoms with Crippen molar-refractivity contribution in [2.24, 2.45) is 5.92 Å². The SMILES string of the molecule is Cc1cc(C#N)cc(N2CC[C@@H](COCc3ccccc3)C2)n1. The van der Waals surface area contributed by atoms with Crippen molar-refractivity contribution in [1.29, 1.82) is 5.26 Å². The summed E-state index contributed by atoms with van der Waals surface area (Å²) in [6.07, 6.45) is 1.10. The smallest absolute Gasteiger partial charge is 0.130 e. The lowest BCUT2D eigenvalue weighted by atomic mass is 10.1. The molecule has 23 heavy (non-hydrogen) atoms. The van der Waals surface area contributed by atoms with Crippen molar-refractivity contribution in [1.82, 2.24) is 4.98 Å². The largest absolute Gasteiger partial charge is 0.376 e. The maximum atomic E-state index is 9.09. The van der Waals surface area contributed by atoms with Gasteiger partial charge in [-0.3, -0.25) is 0 Å². The van der Waals surface area contributed by atoms with Crippen LogP contribution < -0.4 is 4.90 Å². The minimum Gasteiger partial charge on any atom is -0.376 e. The highest BCUT2D eigenvalue weighted by Gasteiger charge is 2.24. The molecule has 1 aromatic heterocycles. The maximum Gasteiger partial charge on any atom is 0.130 e. The molecule has 2 aromatic rings. The molecule has 0 radical (unpaired) electrons. The van der Waals surface area contributed by atoms with Crippen LogP contribution in [-0.4, -0.2) is 24.7 Å². The summed E-state index contributed by atoms with van der Waals surface area (Å²) >= 11 is 0. The molecule has 1 saturated heterocycles. The quantitative estimate of drug-likeness (QED) is 0.850. The molecule has 2 heterocycles. The van der Waals surface area contributed by atoms with Crippen LogP contribution in [0.4, 0.5) is 5.82 Å². The average molecular weight is 307 g/mol. The lowest BCUT2D eigenvalue weighted by Gasteiger charge is -2.18. The highest BCUT2D eigenvalue weighted by atomic mass is 16.5. The summed E-state index contributed by atoms with van der Waals surface area (Å²) in [5.74, 6) is 1.43. The second kappa shape index (κ2) is 7.26. The normalized spacial score (nSPS) is 17.2. The molecule has 0 aliphatic carbocycles. The first-order valence-corrected chi connectivity index (χ1v) is 8.00. The Morgan fingerprint density at radius 3 is 2.91 bits per heavy atom. The molecule has 1 atom stereocenters. The summed E-state index contributed by atoms with van der Waals surface area (Å²) in [5, 5.41) is 9.09. The monoisotopic (exact) mass is 307 g/mol. The van der Waals surface area contributed by atoms with E-state index in [0.29, 0.717) is 18.1 Å². The third-order valence-corrected chi connectivity index (χ3v) is 4.14. The van der Waals surface area contributed by atoms with E-state index in [1.807, 2.05) is 37.3 Å². The summed E-state index contributed by atoms with van der Waals surface area (Å²) in [5.41, 5.74) is 2.78. The van der Waals surface area contributed by atoms with Crippen LogP contribution >= 0.6 is 0 Å². The average Bonchev–Trinajstić information content (AvgIpc) is 3.04. The molecule has 4 nitrogen and oxygen atoms in total. The minimum absolute atomic E-state index is 0.520. The predicted molar refractivity (Wildman–Crippen MR) is 90.1 cm³/mol. The van der Waals surface area contributed by atoms with Crippen molar-refractivity contribution in [3.63, 3.8) is 0 Å². The van der Waals surface area contributed by atoms with Gasteiger partial charge in [-0.1, -0.05) is 30.3 Å². The van der Waals surface area contributed by atoms with Gasteiger partial charge in [-0.25, -0.2) is 4.98 Å². The molecule has 1 aromatic carbocycles. The lowest BCUT2D eigenvalue weighted by molar-refractivity contribution is 0.0929. The Labute approximate surface area is 137 Å². The van der Waals surface area contributed by atoms with Gasteiger partial charge >= 0.3 is 0 Å². The number of hydrogen-bond donors (Lipinski definition) is 0. The molecule has 0 unspecified atom stereocenters. The Morgan fingerprint density at radius 2 is 2.13 bits per heavy atom. The molecule has 0 spiro atoms. The van der Waals surface area contributed by atoms with Crippen molar-refractivity contribution < 1.29 is 4.74 Å². The topological polar surface area (TPSA) is 49.2 Å². The van der Waals surface area contributed by atoms with Gasteiger partial charge in [0.25, 0.3) is 0 Å². The molecule has 0 N–H and O–H groups in total. The van der Waals surface area contributed by atoms with Crippen molar-refractivity contribution in [3.05, 3.63) is 59.3 Å². The van der Waals surface area contributed by atoms with E-state index >= 15 is 0 Å². The summed E-state index contributed by atoms with van der Waals surface area (Å²) < 4.78 is 5.86. The molecular weight excluding hydrogens is 286 g/mol. The number of ether oxygens (including phenoxy) is 1. The van der Waals surface area contributed by atoms with Crippen LogP contribution in [0.25, 0.3) is 0 Å². The number of aromatic nitrogens is 1. The zero-order chi connectivity index (χ0) is 16.1. The molecule has 0 bridgehead atoms. The van der Waals surface area contributed by atoms with E-state index in [9.17, 15) is 0 Å². The van der Waals surface area contributed by atoms with Crippen molar-refractivity contribution in [2.45, 2.75) is 20.0 Å². The summed E-state index contributed by atoms with van der Waals surface area (Å²) in [4.78, 5) is 6.81. The van der Waals surface area contributed by atoms with Crippen LogP contribution in [0.15, 0.2) is 42.5 Å². The highest BCUT2D eigenvalue weighted by molar-refractivity contribution is 5.47. The van der Waals surface area contributed by atoms with Gasteiger partial charge < -0.3 is 9.64 Å². The first-order chi connectivity index (χ1) is 11.2. The van der Waals surface area contributed by atoms with Gasteiger partial charge in [0.05, 0.1) is 24.8 Å². The van der Waals surface area contributed by atoms with Gasteiger partial charge in [-0.2, -0.15) is 5.26 Å². The van der Waals surface area contributed by atoms with Gasteiger partial charge in [0, 0.05) is 24.7 Å². The number of rotatable bonds is 5.